The summed E-state index contributed by atoms with van der Waals surface area (Å²) in [6.45, 7) is 0. The predicted octanol–water partition coefficient (Wildman–Crippen LogP) is 2.12. The molecule has 3 nitrogen and oxygen atoms in total. The zero-order valence-corrected chi connectivity index (χ0v) is 10.8. The molecule has 0 radical (unpaired) electrons. The summed E-state index contributed by atoms with van der Waals surface area (Å²) < 4.78 is 0. The van der Waals surface area contributed by atoms with Crippen LogP contribution in [0.15, 0.2) is 30.3 Å². The smallest absolute Gasteiger partial charge is 0.224 e. The van der Waals surface area contributed by atoms with Gasteiger partial charge in [0.1, 0.15) is 0 Å². The maximum absolute atomic E-state index is 11.9. The van der Waals surface area contributed by atoms with Crippen LogP contribution >= 0.6 is 12.4 Å². The largest absolute Gasteiger partial charge is 0.343 e. The molecule has 94 valence electrons. The number of hydrogen-bond donors (Lipinski definition) is 1. The molecule has 0 bridgehead atoms. The highest BCUT2D eigenvalue weighted by atomic mass is 35.5. The van der Waals surface area contributed by atoms with Crippen LogP contribution in [0.3, 0.4) is 0 Å². The van der Waals surface area contributed by atoms with Crippen molar-refractivity contribution in [3.8, 4) is 0 Å². The zero-order chi connectivity index (χ0) is 11.5. The van der Waals surface area contributed by atoms with Gasteiger partial charge in [0.25, 0.3) is 0 Å². The topological polar surface area (TPSA) is 46.3 Å². The first-order valence-electron chi connectivity index (χ1n) is 5.74. The van der Waals surface area contributed by atoms with E-state index in [-0.39, 0.29) is 24.4 Å². The standard InChI is InChI=1S/C13H18N2O.ClH/c1-15(11-7-8-11)13(16)9-12(14)10-5-3-2-4-6-10;/h2-6,11-12H,7-9,14H2,1H3;1H. The van der Waals surface area contributed by atoms with Gasteiger partial charge in [0.2, 0.25) is 5.91 Å². The van der Waals surface area contributed by atoms with Gasteiger partial charge in [-0.15, -0.1) is 12.4 Å². The van der Waals surface area contributed by atoms with E-state index in [2.05, 4.69) is 0 Å². The van der Waals surface area contributed by atoms with Crippen molar-refractivity contribution in [2.24, 2.45) is 5.73 Å². The highest BCUT2D eigenvalue weighted by molar-refractivity contribution is 5.85. The highest BCUT2D eigenvalue weighted by Gasteiger charge is 2.30. The fourth-order valence-electron chi connectivity index (χ4n) is 1.82. The third kappa shape index (κ3) is 3.72. The van der Waals surface area contributed by atoms with E-state index >= 15 is 0 Å². The maximum Gasteiger partial charge on any atom is 0.224 e. The minimum absolute atomic E-state index is 0. The second-order valence-electron chi connectivity index (χ2n) is 4.46. The molecule has 0 heterocycles. The van der Waals surface area contributed by atoms with Crippen LogP contribution in [0, 0.1) is 0 Å². The van der Waals surface area contributed by atoms with Crippen LogP contribution in [0.2, 0.25) is 0 Å². The van der Waals surface area contributed by atoms with E-state index < -0.39 is 0 Å². The molecule has 4 heteroatoms. The fourth-order valence-corrected chi connectivity index (χ4v) is 1.82. The Kier molecular flexibility index (Phi) is 4.97. The van der Waals surface area contributed by atoms with E-state index in [1.165, 1.54) is 0 Å². The molecule has 1 fully saturated rings. The van der Waals surface area contributed by atoms with Crippen LogP contribution < -0.4 is 5.73 Å². The lowest BCUT2D eigenvalue weighted by atomic mass is 10.0. The molecule has 1 aromatic carbocycles. The van der Waals surface area contributed by atoms with Gasteiger partial charge >= 0.3 is 0 Å². The lowest BCUT2D eigenvalue weighted by Gasteiger charge is -2.19. The summed E-state index contributed by atoms with van der Waals surface area (Å²) in [5, 5.41) is 0. The number of hydrogen-bond acceptors (Lipinski definition) is 2. The van der Waals surface area contributed by atoms with E-state index in [9.17, 15) is 4.79 Å². The molecule has 0 aliphatic heterocycles. The molecular formula is C13H19ClN2O. The Labute approximate surface area is 108 Å². The number of benzene rings is 1. The first-order valence-corrected chi connectivity index (χ1v) is 5.74. The summed E-state index contributed by atoms with van der Waals surface area (Å²) >= 11 is 0. The van der Waals surface area contributed by atoms with Crippen molar-refractivity contribution in [3.63, 3.8) is 0 Å². The first kappa shape index (κ1) is 14.0. The predicted molar refractivity (Wildman–Crippen MR) is 71.0 cm³/mol. The van der Waals surface area contributed by atoms with Gasteiger partial charge in [-0.05, 0) is 18.4 Å². The molecular weight excluding hydrogens is 236 g/mol. The van der Waals surface area contributed by atoms with Gasteiger partial charge in [-0.2, -0.15) is 0 Å². The molecule has 1 aliphatic rings. The molecule has 1 aliphatic carbocycles. The number of nitrogens with zero attached hydrogens (tertiary/aromatic N) is 1. The van der Waals surface area contributed by atoms with Crippen LogP contribution in [0.5, 0.6) is 0 Å². The number of nitrogens with two attached hydrogens (primary N) is 1. The molecule has 0 spiro atoms. The summed E-state index contributed by atoms with van der Waals surface area (Å²) in [5.74, 6) is 0.152. The Morgan fingerprint density at radius 2 is 2.00 bits per heavy atom. The SMILES string of the molecule is CN(C(=O)CC(N)c1ccccc1)C1CC1.Cl. The Morgan fingerprint density at radius 3 is 2.53 bits per heavy atom. The van der Waals surface area contributed by atoms with E-state index in [0.29, 0.717) is 12.5 Å². The van der Waals surface area contributed by atoms with Crippen molar-refractivity contribution >= 4 is 18.3 Å². The van der Waals surface area contributed by atoms with E-state index in [0.717, 1.165) is 18.4 Å². The molecule has 0 saturated heterocycles. The molecule has 1 amide bonds. The van der Waals surface area contributed by atoms with Crippen molar-refractivity contribution < 1.29 is 4.79 Å². The molecule has 1 atom stereocenters. The van der Waals surface area contributed by atoms with Crippen LogP contribution in [0.25, 0.3) is 0 Å². The molecule has 1 unspecified atom stereocenters. The van der Waals surface area contributed by atoms with E-state index in [4.69, 9.17) is 5.73 Å². The van der Waals surface area contributed by atoms with Gasteiger partial charge in [-0.3, -0.25) is 4.79 Å². The summed E-state index contributed by atoms with van der Waals surface area (Å²) in [6, 6.07) is 10.1. The second-order valence-corrected chi connectivity index (χ2v) is 4.46. The lowest BCUT2D eigenvalue weighted by Crippen LogP contribution is -2.31. The van der Waals surface area contributed by atoms with Crippen molar-refractivity contribution in [3.05, 3.63) is 35.9 Å². The summed E-state index contributed by atoms with van der Waals surface area (Å²) in [5.41, 5.74) is 7.03. The average molecular weight is 255 g/mol. The van der Waals surface area contributed by atoms with Crippen LogP contribution in [0.1, 0.15) is 30.9 Å². The number of halogens is 1. The quantitative estimate of drug-likeness (QED) is 0.895. The molecule has 1 saturated carbocycles. The number of carbonyl (C=O) groups excluding carboxylic acids is 1. The molecule has 1 aromatic rings. The monoisotopic (exact) mass is 254 g/mol. The normalized spacial score (nSPS) is 15.9. The molecule has 2 rings (SSSR count). The van der Waals surface area contributed by atoms with Gasteiger partial charge in [0.15, 0.2) is 0 Å². The first-order chi connectivity index (χ1) is 7.68. The minimum atomic E-state index is -0.185. The number of amides is 1. The van der Waals surface area contributed by atoms with Crippen molar-refractivity contribution in [2.45, 2.75) is 31.3 Å². The summed E-state index contributed by atoms with van der Waals surface area (Å²) in [7, 11) is 1.87. The number of rotatable bonds is 4. The number of carbonyl (C=O) groups is 1. The Morgan fingerprint density at radius 1 is 1.41 bits per heavy atom. The van der Waals surface area contributed by atoms with E-state index in [1.54, 1.807) is 0 Å². The van der Waals surface area contributed by atoms with Gasteiger partial charge < -0.3 is 10.6 Å². The Balaban J connectivity index is 0.00000144. The van der Waals surface area contributed by atoms with Gasteiger partial charge in [0, 0.05) is 25.6 Å². The zero-order valence-electron chi connectivity index (χ0n) is 10.0. The third-order valence-corrected chi connectivity index (χ3v) is 3.11. The lowest BCUT2D eigenvalue weighted by molar-refractivity contribution is -0.130. The maximum atomic E-state index is 11.9. The van der Waals surface area contributed by atoms with Gasteiger partial charge in [-0.1, -0.05) is 30.3 Å². The summed E-state index contributed by atoms with van der Waals surface area (Å²) in [6.07, 6.45) is 2.68. The van der Waals surface area contributed by atoms with Crippen molar-refractivity contribution in [1.29, 1.82) is 0 Å². The van der Waals surface area contributed by atoms with Crippen LogP contribution in [-0.2, 0) is 4.79 Å². The fraction of sp³-hybridized carbons (Fsp3) is 0.462. The third-order valence-electron chi connectivity index (χ3n) is 3.11. The second kappa shape index (κ2) is 6.03. The van der Waals surface area contributed by atoms with Crippen molar-refractivity contribution in [2.75, 3.05) is 7.05 Å². The summed E-state index contributed by atoms with van der Waals surface area (Å²) in [4.78, 5) is 13.7. The van der Waals surface area contributed by atoms with Crippen LogP contribution in [0.4, 0.5) is 0 Å². The molecule has 0 aromatic heterocycles. The Hall–Kier alpha value is -1.06. The Bertz CT molecular complexity index is 365. The van der Waals surface area contributed by atoms with Gasteiger partial charge in [0.05, 0.1) is 0 Å². The molecule has 2 N–H and O–H groups in total. The average Bonchev–Trinajstić information content (AvgIpc) is 3.13. The minimum Gasteiger partial charge on any atom is -0.343 e. The molecule has 17 heavy (non-hydrogen) atoms. The van der Waals surface area contributed by atoms with E-state index in [1.807, 2.05) is 42.3 Å². The van der Waals surface area contributed by atoms with Gasteiger partial charge in [-0.25, -0.2) is 0 Å². The van der Waals surface area contributed by atoms with Crippen molar-refractivity contribution in [1.82, 2.24) is 4.90 Å². The highest BCUT2D eigenvalue weighted by Crippen LogP contribution is 2.26. The van der Waals surface area contributed by atoms with Crippen LogP contribution in [-0.4, -0.2) is 23.9 Å².